The Morgan fingerprint density at radius 1 is 1.07 bits per heavy atom. The molecule has 0 heterocycles. The zero-order valence-corrected chi connectivity index (χ0v) is 17.8. The number of sulfonamides is 1. The number of carbonyl (C=O) groups is 1. The first-order chi connectivity index (χ1) is 13.1. The first-order valence-corrected chi connectivity index (χ1v) is 11.0. The highest BCUT2D eigenvalue weighted by atomic mass is 32.2. The molecule has 0 spiro atoms. The third kappa shape index (κ3) is 5.73. The fourth-order valence-electron chi connectivity index (χ4n) is 2.80. The van der Waals surface area contributed by atoms with Gasteiger partial charge in [-0.05, 0) is 63.1 Å². The molecule has 0 aliphatic rings. The average Bonchev–Trinajstić information content (AvgIpc) is 2.62. The fourth-order valence-corrected chi connectivity index (χ4v) is 3.96. The maximum absolute atomic E-state index is 12.5. The normalized spacial score (nSPS) is 12.3. The van der Waals surface area contributed by atoms with E-state index in [0.717, 1.165) is 33.0 Å². The van der Waals surface area contributed by atoms with Gasteiger partial charge in [0.15, 0.2) is 0 Å². The third-order valence-corrected chi connectivity index (χ3v) is 5.77. The van der Waals surface area contributed by atoms with Crippen LogP contribution >= 0.6 is 0 Å². The predicted molar refractivity (Wildman–Crippen MR) is 112 cm³/mol. The van der Waals surface area contributed by atoms with Gasteiger partial charge in [-0.3, -0.25) is 9.10 Å². The van der Waals surface area contributed by atoms with Gasteiger partial charge in [0.1, 0.15) is 18.4 Å². The Morgan fingerprint density at radius 3 is 2.29 bits per heavy atom. The minimum Gasteiger partial charge on any atom is -0.492 e. The van der Waals surface area contributed by atoms with Crippen molar-refractivity contribution < 1.29 is 17.9 Å². The molecule has 0 fully saturated rings. The molecular formula is C21H28N2O4S. The highest BCUT2D eigenvalue weighted by Crippen LogP contribution is 2.23. The van der Waals surface area contributed by atoms with Crippen LogP contribution in [0, 0.1) is 20.8 Å². The molecule has 0 saturated carbocycles. The summed E-state index contributed by atoms with van der Waals surface area (Å²) in [6.07, 6.45) is 1.10. The first-order valence-electron chi connectivity index (χ1n) is 9.13. The quantitative estimate of drug-likeness (QED) is 0.687. The lowest BCUT2D eigenvalue weighted by Crippen LogP contribution is -2.48. The fraction of sp³-hybridized carbons (Fsp3) is 0.381. The van der Waals surface area contributed by atoms with Gasteiger partial charge in [-0.15, -0.1) is 0 Å². The lowest BCUT2D eigenvalue weighted by Gasteiger charge is -2.28. The largest absolute Gasteiger partial charge is 0.492 e. The van der Waals surface area contributed by atoms with Crippen molar-refractivity contribution in [2.24, 2.45) is 0 Å². The lowest BCUT2D eigenvalue weighted by molar-refractivity contribution is -0.121. The number of hydrogen-bond donors (Lipinski definition) is 1. The van der Waals surface area contributed by atoms with E-state index in [2.05, 4.69) is 5.32 Å². The minimum absolute atomic E-state index is 0.279. The molecule has 6 nitrogen and oxygen atoms in total. The third-order valence-electron chi connectivity index (χ3n) is 4.52. The second-order valence-corrected chi connectivity index (χ2v) is 8.82. The Balaban J connectivity index is 2.01. The van der Waals surface area contributed by atoms with E-state index in [1.807, 2.05) is 51.1 Å². The van der Waals surface area contributed by atoms with Gasteiger partial charge in [-0.2, -0.15) is 0 Å². The van der Waals surface area contributed by atoms with Gasteiger partial charge in [-0.25, -0.2) is 8.42 Å². The molecule has 1 atom stereocenters. The molecule has 0 saturated heterocycles. The van der Waals surface area contributed by atoms with Crippen molar-refractivity contribution in [1.29, 1.82) is 0 Å². The minimum atomic E-state index is -3.63. The molecule has 0 radical (unpaired) electrons. The van der Waals surface area contributed by atoms with E-state index >= 15 is 0 Å². The number of ether oxygens (including phenoxy) is 1. The molecular weight excluding hydrogens is 376 g/mol. The molecule has 2 rings (SSSR count). The van der Waals surface area contributed by atoms with Crippen molar-refractivity contribution in [2.45, 2.75) is 33.7 Å². The second kappa shape index (κ2) is 9.10. The SMILES string of the molecule is Cc1ccc(OCCNC(=O)[C@@H](C)N(c2ccc(C)c(C)c2)S(C)(=O)=O)cc1. The van der Waals surface area contributed by atoms with Crippen LogP contribution < -0.4 is 14.4 Å². The van der Waals surface area contributed by atoms with Gasteiger partial charge in [-0.1, -0.05) is 23.8 Å². The van der Waals surface area contributed by atoms with Gasteiger partial charge in [0.05, 0.1) is 18.5 Å². The van der Waals surface area contributed by atoms with Gasteiger partial charge >= 0.3 is 0 Å². The van der Waals surface area contributed by atoms with E-state index < -0.39 is 16.1 Å². The summed E-state index contributed by atoms with van der Waals surface area (Å²) in [6, 6.07) is 12.1. The Morgan fingerprint density at radius 2 is 1.71 bits per heavy atom. The number of aryl methyl sites for hydroxylation is 3. The molecule has 2 aromatic carbocycles. The zero-order valence-electron chi connectivity index (χ0n) is 17.0. The number of anilines is 1. The summed E-state index contributed by atoms with van der Waals surface area (Å²) in [5.74, 6) is 0.344. The van der Waals surface area contributed by atoms with Crippen LogP contribution in [0.25, 0.3) is 0 Å². The van der Waals surface area contributed by atoms with Gasteiger partial charge < -0.3 is 10.1 Å². The molecule has 0 bridgehead atoms. The van der Waals surface area contributed by atoms with Crippen LogP contribution in [0.2, 0.25) is 0 Å². The van der Waals surface area contributed by atoms with Crippen LogP contribution in [0.1, 0.15) is 23.6 Å². The molecule has 1 amide bonds. The Hall–Kier alpha value is -2.54. The number of rotatable bonds is 8. The Bertz CT molecular complexity index is 924. The summed E-state index contributed by atoms with van der Waals surface area (Å²) >= 11 is 0. The number of nitrogens with one attached hydrogen (secondary N) is 1. The van der Waals surface area contributed by atoms with Crippen molar-refractivity contribution >= 4 is 21.6 Å². The molecule has 0 aliphatic heterocycles. The monoisotopic (exact) mass is 404 g/mol. The van der Waals surface area contributed by atoms with Crippen LogP contribution in [0.4, 0.5) is 5.69 Å². The van der Waals surface area contributed by atoms with Crippen LogP contribution in [0.15, 0.2) is 42.5 Å². The highest BCUT2D eigenvalue weighted by Gasteiger charge is 2.29. The molecule has 0 aromatic heterocycles. The predicted octanol–water partition coefficient (Wildman–Crippen LogP) is 2.96. The van der Waals surface area contributed by atoms with E-state index in [4.69, 9.17) is 4.74 Å². The summed E-state index contributed by atoms with van der Waals surface area (Å²) in [5.41, 5.74) is 3.64. The first kappa shape index (κ1) is 21.8. The Labute approximate surface area is 167 Å². The number of benzene rings is 2. The van der Waals surface area contributed by atoms with Crippen molar-refractivity contribution in [3.8, 4) is 5.75 Å². The van der Waals surface area contributed by atoms with Crippen molar-refractivity contribution in [3.05, 3.63) is 59.2 Å². The second-order valence-electron chi connectivity index (χ2n) is 6.96. The average molecular weight is 405 g/mol. The molecule has 0 unspecified atom stereocenters. The van der Waals surface area contributed by atoms with Crippen LogP contribution in [-0.2, 0) is 14.8 Å². The summed E-state index contributed by atoms with van der Waals surface area (Å²) in [4.78, 5) is 12.5. The number of carbonyl (C=O) groups excluding carboxylic acids is 1. The van der Waals surface area contributed by atoms with E-state index in [-0.39, 0.29) is 12.5 Å². The van der Waals surface area contributed by atoms with Gasteiger partial charge in [0, 0.05) is 0 Å². The molecule has 1 N–H and O–H groups in total. The highest BCUT2D eigenvalue weighted by molar-refractivity contribution is 7.92. The zero-order chi connectivity index (χ0) is 20.9. The molecule has 0 aliphatic carbocycles. The number of nitrogens with zero attached hydrogens (tertiary/aromatic N) is 1. The van der Waals surface area contributed by atoms with E-state index in [0.29, 0.717) is 12.3 Å². The lowest BCUT2D eigenvalue weighted by atomic mass is 10.1. The number of amides is 1. The summed E-state index contributed by atoms with van der Waals surface area (Å²) in [6.45, 7) is 8.01. The van der Waals surface area contributed by atoms with Gasteiger partial charge in [0.25, 0.3) is 0 Å². The number of hydrogen-bond acceptors (Lipinski definition) is 4. The van der Waals surface area contributed by atoms with E-state index in [1.54, 1.807) is 19.1 Å². The summed E-state index contributed by atoms with van der Waals surface area (Å²) < 4.78 is 31.4. The van der Waals surface area contributed by atoms with E-state index in [1.165, 1.54) is 0 Å². The van der Waals surface area contributed by atoms with Crippen LogP contribution in [-0.4, -0.2) is 39.8 Å². The van der Waals surface area contributed by atoms with Crippen LogP contribution in [0.5, 0.6) is 5.75 Å². The Kier molecular flexibility index (Phi) is 7.07. The molecule has 152 valence electrons. The van der Waals surface area contributed by atoms with Gasteiger partial charge in [0.2, 0.25) is 15.9 Å². The molecule has 28 heavy (non-hydrogen) atoms. The summed E-state index contributed by atoms with van der Waals surface area (Å²) in [5, 5.41) is 2.74. The topological polar surface area (TPSA) is 75.7 Å². The van der Waals surface area contributed by atoms with Crippen molar-refractivity contribution in [3.63, 3.8) is 0 Å². The standard InChI is InChI=1S/C21H28N2O4S/c1-15-6-10-20(11-7-15)27-13-12-22-21(24)18(4)23(28(5,25)26)19-9-8-16(2)17(3)14-19/h6-11,14,18H,12-13H2,1-5H3,(H,22,24)/t18-/m1/s1. The van der Waals surface area contributed by atoms with Crippen LogP contribution in [0.3, 0.4) is 0 Å². The van der Waals surface area contributed by atoms with Crippen molar-refractivity contribution in [1.82, 2.24) is 5.32 Å². The maximum atomic E-state index is 12.5. The van der Waals surface area contributed by atoms with Crippen molar-refractivity contribution in [2.75, 3.05) is 23.7 Å². The smallest absolute Gasteiger partial charge is 0.243 e. The maximum Gasteiger partial charge on any atom is 0.243 e. The summed E-state index contributed by atoms with van der Waals surface area (Å²) in [7, 11) is -3.63. The molecule has 2 aromatic rings. The molecule has 7 heteroatoms. The van der Waals surface area contributed by atoms with E-state index in [9.17, 15) is 13.2 Å².